The van der Waals surface area contributed by atoms with Crippen molar-refractivity contribution in [1.82, 2.24) is 24.4 Å². The number of amidine groups is 1. The van der Waals surface area contributed by atoms with Gasteiger partial charge < -0.3 is 10.6 Å². The molecule has 0 aliphatic rings. The zero-order valence-corrected chi connectivity index (χ0v) is 16.7. The van der Waals surface area contributed by atoms with Crippen LogP contribution in [0.15, 0.2) is 35.7 Å². The molecule has 2 heterocycles. The van der Waals surface area contributed by atoms with Gasteiger partial charge in [0, 0.05) is 57.4 Å². The van der Waals surface area contributed by atoms with Gasteiger partial charge in [-0.15, -0.1) is 0 Å². The maximum absolute atomic E-state index is 5.88. The Balaban J connectivity index is 2.06. The van der Waals surface area contributed by atoms with E-state index in [1.54, 1.807) is 19.4 Å². The zero-order chi connectivity index (χ0) is 19.5. The van der Waals surface area contributed by atoms with E-state index in [0.717, 1.165) is 31.0 Å². The smallest absolute Gasteiger partial charge is 0.146 e. The van der Waals surface area contributed by atoms with Gasteiger partial charge in [0.15, 0.2) is 0 Å². The van der Waals surface area contributed by atoms with Crippen LogP contribution in [0, 0.1) is 0 Å². The summed E-state index contributed by atoms with van der Waals surface area (Å²) in [7, 11) is 3.52. The standard InChI is InChI=1S/C18H26N8S/c1-4-26(12-11-25-27-21-3)16-8-6-14(13-24-16)5-7-15-17(18(19)20-2)23-10-9-22-15/h5-10,13,21,25H,4,11-12H2,1-3H3,(H2,19,20)/b7-5+. The monoisotopic (exact) mass is 386 g/mol. The van der Waals surface area contributed by atoms with Crippen LogP contribution in [-0.4, -0.2) is 54.5 Å². The second-order valence-electron chi connectivity index (χ2n) is 5.46. The lowest BCUT2D eigenvalue weighted by Gasteiger charge is -2.21. The first-order valence-electron chi connectivity index (χ1n) is 8.67. The van der Waals surface area contributed by atoms with E-state index in [0.29, 0.717) is 17.2 Å². The molecular weight excluding hydrogens is 360 g/mol. The third kappa shape index (κ3) is 6.31. The fraction of sp³-hybridized carbons (Fsp3) is 0.333. The lowest BCUT2D eigenvalue weighted by atomic mass is 10.2. The highest BCUT2D eigenvalue weighted by atomic mass is 32.2. The molecule has 27 heavy (non-hydrogen) atoms. The van der Waals surface area contributed by atoms with Crippen molar-refractivity contribution in [2.75, 3.05) is 38.6 Å². The van der Waals surface area contributed by atoms with Crippen molar-refractivity contribution in [3.05, 3.63) is 47.7 Å². The molecule has 4 N–H and O–H groups in total. The lowest BCUT2D eigenvalue weighted by Crippen LogP contribution is -2.31. The van der Waals surface area contributed by atoms with E-state index in [2.05, 4.69) is 41.2 Å². The van der Waals surface area contributed by atoms with Gasteiger partial charge in [-0.25, -0.2) is 14.7 Å². The number of nitrogens with one attached hydrogen (secondary N) is 2. The van der Waals surface area contributed by atoms with Crippen LogP contribution in [0.4, 0.5) is 5.82 Å². The Hall–Kier alpha value is -2.49. The van der Waals surface area contributed by atoms with E-state index in [1.807, 2.05) is 37.5 Å². The number of hydrogen-bond acceptors (Lipinski definition) is 8. The van der Waals surface area contributed by atoms with Crippen molar-refractivity contribution in [3.8, 4) is 0 Å². The van der Waals surface area contributed by atoms with Gasteiger partial charge in [-0.05, 0) is 37.7 Å². The fourth-order valence-corrected chi connectivity index (χ4v) is 2.71. The molecule has 0 spiro atoms. The number of aromatic nitrogens is 3. The minimum Gasteiger partial charge on any atom is -0.382 e. The molecule has 0 radical (unpaired) electrons. The van der Waals surface area contributed by atoms with E-state index < -0.39 is 0 Å². The molecule has 0 aliphatic carbocycles. The van der Waals surface area contributed by atoms with Crippen LogP contribution in [0.25, 0.3) is 12.2 Å². The third-order valence-corrected chi connectivity index (χ3v) is 4.33. The molecule has 0 aliphatic heterocycles. The average molecular weight is 387 g/mol. The third-order valence-electron chi connectivity index (χ3n) is 3.78. The second-order valence-corrected chi connectivity index (χ2v) is 6.36. The van der Waals surface area contributed by atoms with Crippen molar-refractivity contribution in [2.24, 2.45) is 10.7 Å². The Labute approximate surface area is 164 Å². The van der Waals surface area contributed by atoms with E-state index in [-0.39, 0.29) is 0 Å². The molecule has 0 atom stereocenters. The SMILES string of the molecule is CCN(CCNSNC)c1ccc(/C=C/c2nccnc2C(N)=NC)cn1. The fourth-order valence-electron chi connectivity index (χ4n) is 2.37. The number of pyridine rings is 1. The molecule has 0 aromatic carbocycles. The maximum Gasteiger partial charge on any atom is 0.146 e. The van der Waals surface area contributed by atoms with Crippen LogP contribution < -0.4 is 20.1 Å². The van der Waals surface area contributed by atoms with E-state index in [4.69, 9.17) is 5.73 Å². The summed E-state index contributed by atoms with van der Waals surface area (Å²) in [5.74, 6) is 1.31. The van der Waals surface area contributed by atoms with Crippen LogP contribution in [-0.2, 0) is 0 Å². The van der Waals surface area contributed by atoms with Crippen molar-refractivity contribution >= 4 is 35.9 Å². The highest BCUT2D eigenvalue weighted by Gasteiger charge is 2.07. The zero-order valence-electron chi connectivity index (χ0n) is 15.9. The van der Waals surface area contributed by atoms with Crippen LogP contribution in [0.2, 0.25) is 0 Å². The van der Waals surface area contributed by atoms with Crippen molar-refractivity contribution in [1.29, 1.82) is 0 Å². The molecule has 0 bridgehead atoms. The number of nitrogens with two attached hydrogens (primary N) is 1. The van der Waals surface area contributed by atoms with Gasteiger partial charge in [-0.3, -0.25) is 14.7 Å². The summed E-state index contributed by atoms with van der Waals surface area (Å²) in [6.07, 6.45) is 8.89. The Morgan fingerprint density at radius 3 is 2.74 bits per heavy atom. The van der Waals surface area contributed by atoms with Crippen molar-refractivity contribution in [2.45, 2.75) is 6.92 Å². The molecule has 0 unspecified atom stereocenters. The number of nitrogens with zero attached hydrogens (tertiary/aromatic N) is 5. The molecule has 0 saturated carbocycles. The molecule has 144 valence electrons. The summed E-state index contributed by atoms with van der Waals surface area (Å²) >= 11 is 1.48. The van der Waals surface area contributed by atoms with E-state index in [1.165, 1.54) is 12.1 Å². The predicted molar refractivity (Wildman–Crippen MR) is 114 cm³/mol. The molecule has 2 aromatic heterocycles. The molecule has 2 rings (SSSR count). The Morgan fingerprint density at radius 1 is 1.26 bits per heavy atom. The van der Waals surface area contributed by atoms with Gasteiger partial charge in [0.05, 0.1) is 5.69 Å². The van der Waals surface area contributed by atoms with Gasteiger partial charge in [0.2, 0.25) is 0 Å². The Bertz CT molecular complexity index is 760. The predicted octanol–water partition coefficient (Wildman–Crippen LogP) is 1.58. The normalized spacial score (nSPS) is 11.9. The molecule has 0 saturated heterocycles. The Morgan fingerprint density at radius 2 is 2.07 bits per heavy atom. The van der Waals surface area contributed by atoms with Crippen LogP contribution in [0.1, 0.15) is 23.9 Å². The van der Waals surface area contributed by atoms with Crippen molar-refractivity contribution < 1.29 is 0 Å². The number of likely N-dealkylation sites (N-methyl/N-ethyl adjacent to an activating group) is 1. The summed E-state index contributed by atoms with van der Waals surface area (Å²) in [6, 6.07) is 4.05. The number of aliphatic imine (C=N–C) groups is 1. The molecule has 2 aromatic rings. The van der Waals surface area contributed by atoms with Gasteiger partial charge in [-0.2, -0.15) is 0 Å². The quantitative estimate of drug-likeness (QED) is 0.245. The number of rotatable bonds is 10. The minimum atomic E-state index is 0.361. The van der Waals surface area contributed by atoms with Gasteiger partial charge in [0.1, 0.15) is 17.3 Å². The number of anilines is 1. The van der Waals surface area contributed by atoms with E-state index in [9.17, 15) is 0 Å². The second kappa shape index (κ2) is 11.3. The number of hydrogen-bond donors (Lipinski definition) is 3. The van der Waals surface area contributed by atoms with Crippen LogP contribution >= 0.6 is 12.1 Å². The van der Waals surface area contributed by atoms with Crippen molar-refractivity contribution in [3.63, 3.8) is 0 Å². The van der Waals surface area contributed by atoms with Crippen LogP contribution in [0.5, 0.6) is 0 Å². The molecule has 0 fully saturated rings. The first-order chi connectivity index (χ1) is 13.2. The summed E-state index contributed by atoms with van der Waals surface area (Å²) in [4.78, 5) is 19.3. The molecule has 8 nitrogen and oxygen atoms in total. The maximum atomic E-state index is 5.88. The lowest BCUT2D eigenvalue weighted by molar-refractivity contribution is 0.780. The van der Waals surface area contributed by atoms with Crippen LogP contribution in [0.3, 0.4) is 0 Å². The first-order valence-corrected chi connectivity index (χ1v) is 9.49. The molecule has 9 heteroatoms. The summed E-state index contributed by atoms with van der Waals surface area (Å²) in [5.41, 5.74) is 8.10. The summed E-state index contributed by atoms with van der Waals surface area (Å²) in [6.45, 7) is 4.76. The topological polar surface area (TPSA) is 104 Å². The molecule has 0 amide bonds. The highest BCUT2D eigenvalue weighted by Crippen LogP contribution is 2.13. The highest BCUT2D eigenvalue weighted by molar-refractivity contribution is 7.95. The molecular formula is C18H26N8S. The summed E-state index contributed by atoms with van der Waals surface area (Å²) in [5, 5.41) is 0. The van der Waals surface area contributed by atoms with Gasteiger partial charge in [0.25, 0.3) is 0 Å². The largest absolute Gasteiger partial charge is 0.382 e. The van der Waals surface area contributed by atoms with Gasteiger partial charge in [-0.1, -0.05) is 6.08 Å². The summed E-state index contributed by atoms with van der Waals surface area (Å²) < 4.78 is 6.22. The van der Waals surface area contributed by atoms with Gasteiger partial charge >= 0.3 is 0 Å². The van der Waals surface area contributed by atoms with E-state index >= 15 is 0 Å². The average Bonchev–Trinajstić information content (AvgIpc) is 2.72. The first kappa shape index (κ1) is 20.8. The Kier molecular flexibility index (Phi) is 8.69. The minimum absolute atomic E-state index is 0.361.